The second kappa shape index (κ2) is 5.04. The molecule has 1 aliphatic rings. The number of nitrogens with one attached hydrogen (secondary N) is 2. The van der Waals surface area contributed by atoms with E-state index in [0.29, 0.717) is 24.6 Å². The van der Waals surface area contributed by atoms with E-state index in [9.17, 15) is 4.79 Å². The predicted octanol–water partition coefficient (Wildman–Crippen LogP) is -0.550. The first-order valence-corrected chi connectivity index (χ1v) is 6.48. The van der Waals surface area contributed by atoms with Gasteiger partial charge in [-0.1, -0.05) is 5.16 Å². The van der Waals surface area contributed by atoms with Crippen molar-refractivity contribution in [3.8, 4) is 0 Å². The van der Waals surface area contributed by atoms with Gasteiger partial charge in [-0.3, -0.25) is 4.79 Å². The Balaban J connectivity index is 2.08. The number of rotatable bonds is 2. The molecule has 0 radical (unpaired) electrons. The van der Waals surface area contributed by atoms with Crippen LogP contribution in [-0.2, 0) is 4.79 Å². The summed E-state index contributed by atoms with van der Waals surface area (Å²) >= 11 is 0. The maximum Gasteiger partial charge on any atom is 0.263 e. The molecule has 8 heteroatoms. The molecule has 3 heterocycles. The van der Waals surface area contributed by atoms with Gasteiger partial charge in [0.05, 0.1) is 5.69 Å². The third kappa shape index (κ3) is 1.97. The van der Waals surface area contributed by atoms with E-state index in [0.717, 1.165) is 17.6 Å². The molecule has 20 heavy (non-hydrogen) atoms. The number of carbonyl (C=O) groups is 1. The monoisotopic (exact) mass is 276 g/mol. The zero-order valence-electron chi connectivity index (χ0n) is 11.4. The van der Waals surface area contributed by atoms with Crippen molar-refractivity contribution in [3.63, 3.8) is 0 Å². The second-order valence-corrected chi connectivity index (χ2v) is 4.67. The average Bonchev–Trinajstić information content (AvgIpc) is 2.88. The summed E-state index contributed by atoms with van der Waals surface area (Å²) in [6.07, 6.45) is 1.44. The van der Waals surface area contributed by atoms with Gasteiger partial charge in [-0.25, -0.2) is 4.98 Å². The average molecular weight is 276 g/mol. The molecule has 3 rings (SSSR count). The Hall–Kier alpha value is -2.22. The minimum absolute atomic E-state index is 0.0435. The largest absolute Gasteiger partial charge is 0.357 e. The van der Waals surface area contributed by atoms with Crippen LogP contribution in [0.5, 0.6) is 0 Å². The standard InChI is InChI=1S/C12H16N6O2/c1-7-9-10(15-6-16-12(9)20-17-7)18-4-3-14-5-8(18)11(19)13-2/h6,8,14H,3-5H2,1-2H3,(H,13,19). The zero-order valence-corrected chi connectivity index (χ0v) is 11.4. The Morgan fingerprint density at radius 1 is 1.55 bits per heavy atom. The lowest BCUT2D eigenvalue weighted by Gasteiger charge is -2.35. The van der Waals surface area contributed by atoms with E-state index in [1.54, 1.807) is 7.05 Å². The molecule has 1 aliphatic heterocycles. The van der Waals surface area contributed by atoms with Crippen LogP contribution in [0.1, 0.15) is 5.69 Å². The summed E-state index contributed by atoms with van der Waals surface area (Å²) in [6.45, 7) is 3.91. The predicted molar refractivity (Wildman–Crippen MR) is 72.4 cm³/mol. The molecule has 1 fully saturated rings. The number of likely N-dealkylation sites (N-methyl/N-ethyl adjacent to an activating group) is 1. The van der Waals surface area contributed by atoms with Crippen molar-refractivity contribution in [2.75, 3.05) is 31.6 Å². The van der Waals surface area contributed by atoms with Gasteiger partial charge >= 0.3 is 0 Å². The number of hydrogen-bond donors (Lipinski definition) is 2. The van der Waals surface area contributed by atoms with Crippen molar-refractivity contribution in [1.29, 1.82) is 0 Å². The van der Waals surface area contributed by atoms with Crippen LogP contribution in [0.3, 0.4) is 0 Å². The third-order valence-electron chi connectivity index (χ3n) is 3.49. The van der Waals surface area contributed by atoms with E-state index in [1.165, 1.54) is 6.33 Å². The Morgan fingerprint density at radius 3 is 3.20 bits per heavy atom. The van der Waals surface area contributed by atoms with Gasteiger partial charge in [-0.15, -0.1) is 0 Å². The second-order valence-electron chi connectivity index (χ2n) is 4.67. The molecule has 0 saturated carbocycles. The highest BCUT2D eigenvalue weighted by atomic mass is 16.5. The summed E-state index contributed by atoms with van der Waals surface area (Å²) in [6, 6.07) is -0.304. The Morgan fingerprint density at radius 2 is 2.40 bits per heavy atom. The van der Waals surface area contributed by atoms with E-state index in [4.69, 9.17) is 4.52 Å². The van der Waals surface area contributed by atoms with E-state index >= 15 is 0 Å². The lowest BCUT2D eigenvalue weighted by Crippen LogP contribution is -2.58. The van der Waals surface area contributed by atoms with Gasteiger partial charge in [0.25, 0.3) is 5.71 Å². The molecule has 0 aliphatic carbocycles. The SMILES string of the molecule is CNC(=O)C1CNCCN1c1ncnc2onc(C)c12. The molecule has 8 nitrogen and oxygen atoms in total. The summed E-state index contributed by atoms with van der Waals surface area (Å²) < 4.78 is 5.16. The van der Waals surface area contributed by atoms with Crippen LogP contribution >= 0.6 is 0 Å². The number of hydrogen-bond acceptors (Lipinski definition) is 7. The van der Waals surface area contributed by atoms with Crippen LogP contribution in [0.4, 0.5) is 5.82 Å². The molecular weight excluding hydrogens is 260 g/mol. The van der Waals surface area contributed by atoms with Crippen LogP contribution in [0.15, 0.2) is 10.9 Å². The first kappa shape index (κ1) is 12.8. The molecule has 2 aromatic heterocycles. The first-order chi connectivity index (χ1) is 9.72. The topological polar surface area (TPSA) is 96.2 Å². The molecule has 1 atom stereocenters. The fourth-order valence-corrected chi connectivity index (χ4v) is 2.48. The summed E-state index contributed by atoms with van der Waals surface area (Å²) in [7, 11) is 1.63. The zero-order chi connectivity index (χ0) is 14.1. The minimum atomic E-state index is -0.304. The minimum Gasteiger partial charge on any atom is -0.357 e. The van der Waals surface area contributed by atoms with Gasteiger partial charge < -0.3 is 20.1 Å². The fraction of sp³-hybridized carbons (Fsp3) is 0.500. The van der Waals surface area contributed by atoms with Crippen molar-refractivity contribution in [3.05, 3.63) is 12.0 Å². The maximum absolute atomic E-state index is 12.0. The van der Waals surface area contributed by atoms with Crippen molar-refractivity contribution in [2.45, 2.75) is 13.0 Å². The highest BCUT2D eigenvalue weighted by Gasteiger charge is 2.31. The van der Waals surface area contributed by atoms with Crippen LogP contribution in [0, 0.1) is 6.92 Å². The number of aromatic nitrogens is 3. The molecule has 0 bridgehead atoms. The molecule has 0 aromatic carbocycles. The molecule has 106 valence electrons. The number of piperazine rings is 1. The van der Waals surface area contributed by atoms with Crippen molar-refractivity contribution < 1.29 is 9.32 Å². The Labute approximate surface area is 115 Å². The molecule has 1 saturated heterocycles. The van der Waals surface area contributed by atoms with Gasteiger partial charge in [0.1, 0.15) is 23.6 Å². The molecule has 1 amide bonds. The van der Waals surface area contributed by atoms with Crippen LogP contribution in [0.2, 0.25) is 0 Å². The number of aryl methyl sites for hydroxylation is 1. The van der Waals surface area contributed by atoms with Gasteiger partial charge in [-0.05, 0) is 6.92 Å². The Kier molecular flexibility index (Phi) is 3.23. The fourth-order valence-electron chi connectivity index (χ4n) is 2.48. The number of carbonyl (C=O) groups excluding carboxylic acids is 1. The number of fused-ring (bicyclic) bond motifs is 1. The van der Waals surface area contributed by atoms with Gasteiger partial charge in [-0.2, -0.15) is 4.98 Å². The maximum atomic E-state index is 12.0. The Bertz CT molecular complexity index is 640. The third-order valence-corrected chi connectivity index (χ3v) is 3.49. The number of amides is 1. The lowest BCUT2D eigenvalue weighted by molar-refractivity contribution is -0.122. The van der Waals surface area contributed by atoms with Crippen molar-refractivity contribution in [1.82, 2.24) is 25.8 Å². The van der Waals surface area contributed by atoms with E-state index in [-0.39, 0.29) is 11.9 Å². The highest BCUT2D eigenvalue weighted by molar-refractivity contribution is 5.92. The smallest absolute Gasteiger partial charge is 0.263 e. The molecule has 2 aromatic rings. The molecular formula is C12H16N6O2. The van der Waals surface area contributed by atoms with Gasteiger partial charge in [0, 0.05) is 26.7 Å². The van der Waals surface area contributed by atoms with Crippen LogP contribution in [0.25, 0.3) is 11.1 Å². The van der Waals surface area contributed by atoms with E-state index < -0.39 is 0 Å². The van der Waals surface area contributed by atoms with Crippen molar-refractivity contribution >= 4 is 22.8 Å². The summed E-state index contributed by atoms with van der Waals surface area (Å²) in [4.78, 5) is 22.4. The molecule has 0 spiro atoms. The number of nitrogens with zero attached hydrogens (tertiary/aromatic N) is 4. The summed E-state index contributed by atoms with van der Waals surface area (Å²) in [5.41, 5.74) is 1.17. The molecule has 1 unspecified atom stereocenters. The van der Waals surface area contributed by atoms with E-state index in [1.807, 2.05) is 11.8 Å². The number of anilines is 1. The van der Waals surface area contributed by atoms with Crippen LogP contribution in [-0.4, -0.2) is 53.8 Å². The quantitative estimate of drug-likeness (QED) is 0.759. The van der Waals surface area contributed by atoms with Gasteiger partial charge in [0.2, 0.25) is 5.91 Å². The van der Waals surface area contributed by atoms with E-state index in [2.05, 4.69) is 25.8 Å². The van der Waals surface area contributed by atoms with Crippen molar-refractivity contribution in [2.24, 2.45) is 0 Å². The van der Waals surface area contributed by atoms with Crippen LogP contribution < -0.4 is 15.5 Å². The summed E-state index contributed by atoms with van der Waals surface area (Å²) in [5.74, 6) is 0.655. The lowest BCUT2D eigenvalue weighted by atomic mass is 10.1. The molecule has 2 N–H and O–H groups in total. The normalized spacial score (nSPS) is 19.3. The summed E-state index contributed by atoms with van der Waals surface area (Å²) in [5, 5.41) is 10.6. The highest BCUT2D eigenvalue weighted by Crippen LogP contribution is 2.27. The first-order valence-electron chi connectivity index (χ1n) is 6.48. The van der Waals surface area contributed by atoms with Gasteiger partial charge in [0.15, 0.2) is 0 Å².